The zero-order valence-electron chi connectivity index (χ0n) is 16.0. The Bertz CT molecular complexity index is 697. The molecule has 0 aliphatic heterocycles. The van der Waals surface area contributed by atoms with Gasteiger partial charge in [0.15, 0.2) is 0 Å². The van der Waals surface area contributed by atoms with Crippen molar-refractivity contribution in [3.8, 4) is 0 Å². The van der Waals surface area contributed by atoms with E-state index < -0.39 is 0 Å². The summed E-state index contributed by atoms with van der Waals surface area (Å²) in [6.45, 7) is 2.35. The van der Waals surface area contributed by atoms with E-state index in [4.69, 9.17) is 11.6 Å². The first kappa shape index (κ1) is 18.8. The molecule has 5 rings (SSSR count). The fourth-order valence-corrected chi connectivity index (χ4v) is 6.24. The minimum Gasteiger partial charge on any atom is -0.355 e. The van der Waals surface area contributed by atoms with Crippen LogP contribution in [0.25, 0.3) is 0 Å². The lowest BCUT2D eigenvalue weighted by molar-refractivity contribution is -0.146. The van der Waals surface area contributed by atoms with Gasteiger partial charge >= 0.3 is 0 Å². The molecular weight excluding hydrogens is 360 g/mol. The quantitative estimate of drug-likeness (QED) is 0.765. The Morgan fingerprint density at radius 3 is 2.37 bits per heavy atom. The summed E-state index contributed by atoms with van der Waals surface area (Å²) in [5.41, 5.74) is 0.840. The molecule has 1 unspecified atom stereocenters. The first-order valence-electron chi connectivity index (χ1n) is 10.3. The molecule has 4 fully saturated rings. The second-order valence-corrected chi connectivity index (χ2v) is 9.48. The van der Waals surface area contributed by atoms with Crippen molar-refractivity contribution in [2.45, 2.75) is 57.9 Å². The van der Waals surface area contributed by atoms with Crippen LogP contribution < -0.4 is 10.6 Å². The van der Waals surface area contributed by atoms with E-state index in [0.717, 1.165) is 42.6 Å². The van der Waals surface area contributed by atoms with E-state index in [2.05, 4.69) is 10.6 Å². The highest BCUT2D eigenvalue weighted by atomic mass is 35.5. The first-order chi connectivity index (χ1) is 12.9. The number of carbonyl (C=O) groups is 2. The van der Waals surface area contributed by atoms with Crippen molar-refractivity contribution in [1.29, 1.82) is 0 Å². The summed E-state index contributed by atoms with van der Waals surface area (Å²) < 4.78 is 0. The largest absolute Gasteiger partial charge is 0.355 e. The van der Waals surface area contributed by atoms with E-state index in [0.29, 0.717) is 18.0 Å². The summed E-state index contributed by atoms with van der Waals surface area (Å²) in [6.07, 6.45) is 7.47. The van der Waals surface area contributed by atoms with Crippen molar-refractivity contribution in [2.75, 3.05) is 6.54 Å². The number of amides is 2. The topological polar surface area (TPSA) is 58.2 Å². The van der Waals surface area contributed by atoms with Crippen LogP contribution >= 0.6 is 11.6 Å². The Morgan fingerprint density at radius 1 is 1.15 bits per heavy atom. The normalized spacial score (nSPS) is 32.1. The van der Waals surface area contributed by atoms with E-state index in [1.54, 1.807) is 0 Å². The molecule has 27 heavy (non-hydrogen) atoms. The third-order valence-electron chi connectivity index (χ3n) is 6.88. The Morgan fingerprint density at radius 2 is 1.78 bits per heavy atom. The van der Waals surface area contributed by atoms with Gasteiger partial charge in [0.2, 0.25) is 11.8 Å². The van der Waals surface area contributed by atoms with Gasteiger partial charge in [0, 0.05) is 23.4 Å². The Hall–Kier alpha value is -1.55. The SMILES string of the molecule is CC(NC(=O)CCNC(=O)C12CC3CC(CC(C3)C1)C2)c1cccc(Cl)c1. The molecular formula is C22H29ClN2O2. The van der Waals surface area contributed by atoms with Crippen molar-refractivity contribution in [2.24, 2.45) is 23.2 Å². The third kappa shape index (κ3) is 4.01. The molecule has 4 aliphatic rings. The lowest BCUT2D eigenvalue weighted by Crippen LogP contribution is -2.53. The molecule has 2 N–H and O–H groups in total. The molecule has 4 bridgehead atoms. The molecule has 1 aromatic carbocycles. The summed E-state index contributed by atoms with van der Waals surface area (Å²) >= 11 is 6.01. The van der Waals surface area contributed by atoms with Crippen molar-refractivity contribution >= 4 is 23.4 Å². The highest BCUT2D eigenvalue weighted by Gasteiger charge is 2.54. The second kappa shape index (κ2) is 7.46. The van der Waals surface area contributed by atoms with Gasteiger partial charge in [-0.3, -0.25) is 9.59 Å². The van der Waals surface area contributed by atoms with Gasteiger partial charge in [0.05, 0.1) is 6.04 Å². The minimum absolute atomic E-state index is 0.0479. The monoisotopic (exact) mass is 388 g/mol. The smallest absolute Gasteiger partial charge is 0.226 e. The molecule has 0 saturated heterocycles. The average Bonchev–Trinajstić information content (AvgIpc) is 2.60. The van der Waals surface area contributed by atoms with Gasteiger partial charge in [-0.15, -0.1) is 0 Å². The van der Waals surface area contributed by atoms with Crippen LogP contribution in [0, 0.1) is 23.2 Å². The standard InChI is InChI=1S/C22H29ClN2O2/c1-14(18-3-2-4-19(23)10-18)25-20(26)5-6-24-21(27)22-11-15-7-16(12-22)9-17(8-15)13-22/h2-4,10,14-17H,5-9,11-13H2,1H3,(H,24,27)(H,25,26). The number of carbonyl (C=O) groups excluding carboxylic acids is 2. The molecule has 4 saturated carbocycles. The van der Waals surface area contributed by atoms with E-state index in [1.165, 1.54) is 19.3 Å². The summed E-state index contributed by atoms with van der Waals surface area (Å²) in [4.78, 5) is 25.1. The van der Waals surface area contributed by atoms with Crippen molar-refractivity contribution in [1.82, 2.24) is 10.6 Å². The van der Waals surface area contributed by atoms with Gasteiger partial charge in [-0.2, -0.15) is 0 Å². The van der Waals surface area contributed by atoms with Crippen LogP contribution in [0.15, 0.2) is 24.3 Å². The number of hydrogen-bond acceptors (Lipinski definition) is 2. The second-order valence-electron chi connectivity index (χ2n) is 9.05. The number of hydrogen-bond donors (Lipinski definition) is 2. The van der Waals surface area contributed by atoms with Crippen LogP contribution in [0.1, 0.15) is 63.5 Å². The molecule has 0 spiro atoms. The summed E-state index contributed by atoms with van der Waals surface area (Å²) in [5, 5.41) is 6.72. The van der Waals surface area contributed by atoms with E-state index in [9.17, 15) is 9.59 Å². The van der Waals surface area contributed by atoms with Crippen LogP contribution in [-0.2, 0) is 9.59 Å². The molecule has 4 aliphatic carbocycles. The first-order valence-corrected chi connectivity index (χ1v) is 10.6. The maximum Gasteiger partial charge on any atom is 0.226 e. The summed E-state index contributed by atoms with van der Waals surface area (Å²) in [7, 11) is 0. The Labute approximate surface area is 166 Å². The van der Waals surface area contributed by atoms with E-state index in [1.807, 2.05) is 31.2 Å². The number of halogens is 1. The number of rotatable bonds is 6. The van der Waals surface area contributed by atoms with Crippen LogP contribution in [0.3, 0.4) is 0 Å². The predicted octanol–water partition coefficient (Wildman–Crippen LogP) is 4.24. The van der Waals surface area contributed by atoms with Crippen LogP contribution in [0.2, 0.25) is 5.02 Å². The molecule has 5 heteroatoms. The Kier molecular flexibility index (Phi) is 5.19. The molecule has 0 heterocycles. The van der Waals surface area contributed by atoms with Gasteiger partial charge in [0.1, 0.15) is 0 Å². The third-order valence-corrected chi connectivity index (χ3v) is 7.12. The van der Waals surface area contributed by atoms with E-state index >= 15 is 0 Å². The zero-order chi connectivity index (χ0) is 19.0. The lowest BCUT2D eigenvalue weighted by atomic mass is 9.49. The van der Waals surface area contributed by atoms with Gasteiger partial charge in [0.25, 0.3) is 0 Å². The summed E-state index contributed by atoms with van der Waals surface area (Å²) in [5.74, 6) is 2.40. The molecule has 146 valence electrons. The highest BCUT2D eigenvalue weighted by molar-refractivity contribution is 6.30. The molecule has 0 radical (unpaired) electrons. The van der Waals surface area contributed by atoms with Crippen molar-refractivity contribution in [3.63, 3.8) is 0 Å². The average molecular weight is 389 g/mol. The number of nitrogens with one attached hydrogen (secondary N) is 2. The fraction of sp³-hybridized carbons (Fsp3) is 0.636. The highest BCUT2D eigenvalue weighted by Crippen LogP contribution is 2.60. The minimum atomic E-state index is -0.140. The van der Waals surface area contributed by atoms with Gasteiger partial charge in [-0.1, -0.05) is 23.7 Å². The predicted molar refractivity (Wildman–Crippen MR) is 106 cm³/mol. The molecule has 1 aromatic rings. The lowest BCUT2D eigenvalue weighted by Gasteiger charge is -2.55. The maximum atomic E-state index is 12.9. The van der Waals surface area contributed by atoms with Crippen LogP contribution in [0.5, 0.6) is 0 Å². The fourth-order valence-electron chi connectivity index (χ4n) is 6.04. The Balaban J connectivity index is 1.25. The number of benzene rings is 1. The molecule has 4 nitrogen and oxygen atoms in total. The van der Waals surface area contributed by atoms with E-state index in [-0.39, 0.29) is 23.3 Å². The van der Waals surface area contributed by atoms with Crippen molar-refractivity contribution < 1.29 is 9.59 Å². The van der Waals surface area contributed by atoms with Gasteiger partial charge < -0.3 is 10.6 Å². The summed E-state index contributed by atoms with van der Waals surface area (Å²) in [6, 6.07) is 7.41. The molecule has 2 amide bonds. The maximum absolute atomic E-state index is 12.9. The van der Waals surface area contributed by atoms with Gasteiger partial charge in [-0.25, -0.2) is 0 Å². The zero-order valence-corrected chi connectivity index (χ0v) is 16.7. The molecule has 0 aromatic heterocycles. The molecule has 1 atom stereocenters. The van der Waals surface area contributed by atoms with Crippen molar-refractivity contribution in [3.05, 3.63) is 34.9 Å². The van der Waals surface area contributed by atoms with Crippen LogP contribution in [-0.4, -0.2) is 18.4 Å². The van der Waals surface area contributed by atoms with Crippen LogP contribution in [0.4, 0.5) is 0 Å². The van der Waals surface area contributed by atoms with Gasteiger partial charge in [-0.05, 0) is 80.9 Å².